The van der Waals surface area contributed by atoms with Gasteiger partial charge in [0, 0.05) is 17.1 Å². The van der Waals surface area contributed by atoms with E-state index in [1.807, 2.05) is 6.92 Å². The summed E-state index contributed by atoms with van der Waals surface area (Å²) in [5.74, 6) is -1.20. The molecule has 5 heteroatoms. The van der Waals surface area contributed by atoms with Crippen molar-refractivity contribution in [1.29, 1.82) is 0 Å². The molecule has 1 fully saturated rings. The predicted octanol–water partition coefficient (Wildman–Crippen LogP) is 1.32. The van der Waals surface area contributed by atoms with Gasteiger partial charge in [0.15, 0.2) is 0 Å². The first kappa shape index (κ1) is 12.7. The van der Waals surface area contributed by atoms with Crippen molar-refractivity contribution in [3.05, 3.63) is 11.1 Å². The number of hydrogen-bond donors (Lipinski definition) is 1. The molecule has 0 aromatic heterocycles. The molecule has 15 heavy (non-hydrogen) atoms. The molecule has 2 atom stereocenters. The number of hydrogen-bond acceptors (Lipinski definition) is 3. The van der Waals surface area contributed by atoms with E-state index in [1.54, 1.807) is 0 Å². The van der Waals surface area contributed by atoms with Crippen molar-refractivity contribution in [2.24, 2.45) is 5.92 Å². The first-order valence-corrected chi connectivity index (χ1v) is 5.73. The van der Waals surface area contributed by atoms with Gasteiger partial charge >= 0.3 is 5.97 Å². The van der Waals surface area contributed by atoms with Crippen LogP contribution in [0.4, 0.5) is 0 Å². The Morgan fingerprint density at radius 2 is 2.33 bits per heavy atom. The van der Waals surface area contributed by atoms with Crippen LogP contribution in [-0.4, -0.2) is 48.3 Å². The number of carbonyl (C=O) groups is 1. The Bertz CT molecular complexity index is 257. The summed E-state index contributed by atoms with van der Waals surface area (Å²) in [5, 5.41) is 9.02. The summed E-state index contributed by atoms with van der Waals surface area (Å²) in [7, 11) is 0. The summed E-state index contributed by atoms with van der Waals surface area (Å²) in [6.45, 7) is 8.04. The SMILES string of the molecule is C=C(Br)CN(CC)C1COCC1C(=O)O. The number of likely N-dealkylation sites (N-methyl/N-ethyl adjacent to an activating group) is 1. The molecule has 1 heterocycles. The number of halogens is 1. The van der Waals surface area contributed by atoms with Crippen LogP contribution in [0.15, 0.2) is 11.1 Å². The average molecular weight is 278 g/mol. The van der Waals surface area contributed by atoms with E-state index in [1.165, 1.54) is 0 Å². The van der Waals surface area contributed by atoms with Crippen LogP contribution in [-0.2, 0) is 9.53 Å². The lowest BCUT2D eigenvalue weighted by atomic mass is 10.0. The fourth-order valence-electron chi connectivity index (χ4n) is 1.82. The van der Waals surface area contributed by atoms with Crippen molar-refractivity contribution in [1.82, 2.24) is 4.90 Å². The first-order valence-electron chi connectivity index (χ1n) is 4.94. The molecule has 2 unspecified atom stereocenters. The third-order valence-corrected chi connectivity index (χ3v) is 2.87. The zero-order valence-electron chi connectivity index (χ0n) is 8.78. The van der Waals surface area contributed by atoms with E-state index in [2.05, 4.69) is 27.4 Å². The quantitative estimate of drug-likeness (QED) is 0.824. The Hall–Kier alpha value is -0.390. The van der Waals surface area contributed by atoms with Crippen LogP contribution < -0.4 is 0 Å². The Morgan fingerprint density at radius 1 is 1.67 bits per heavy atom. The molecule has 0 radical (unpaired) electrons. The summed E-state index contributed by atoms with van der Waals surface area (Å²) in [5.41, 5.74) is 0. The summed E-state index contributed by atoms with van der Waals surface area (Å²) in [6.07, 6.45) is 0. The highest BCUT2D eigenvalue weighted by atomic mass is 79.9. The van der Waals surface area contributed by atoms with E-state index >= 15 is 0 Å². The molecule has 0 aromatic rings. The monoisotopic (exact) mass is 277 g/mol. The first-order chi connectivity index (χ1) is 7.06. The van der Waals surface area contributed by atoms with E-state index in [9.17, 15) is 4.79 Å². The van der Waals surface area contributed by atoms with E-state index in [0.29, 0.717) is 19.8 Å². The summed E-state index contributed by atoms with van der Waals surface area (Å²) in [4.78, 5) is 13.0. The van der Waals surface area contributed by atoms with E-state index in [0.717, 1.165) is 11.0 Å². The van der Waals surface area contributed by atoms with Gasteiger partial charge in [0.05, 0.1) is 19.1 Å². The zero-order valence-corrected chi connectivity index (χ0v) is 10.4. The minimum absolute atomic E-state index is 0.0400. The van der Waals surface area contributed by atoms with E-state index in [4.69, 9.17) is 9.84 Å². The van der Waals surface area contributed by atoms with E-state index < -0.39 is 11.9 Å². The fraction of sp³-hybridized carbons (Fsp3) is 0.700. The Labute approximate surface area is 98.0 Å². The van der Waals surface area contributed by atoms with Gasteiger partial charge in [0.25, 0.3) is 0 Å². The lowest BCUT2D eigenvalue weighted by Gasteiger charge is -2.28. The number of carboxylic acids is 1. The molecule has 0 aromatic carbocycles. The molecule has 1 saturated heterocycles. The molecular formula is C10H16BrNO3. The molecule has 0 amide bonds. The topological polar surface area (TPSA) is 49.8 Å². The molecule has 0 saturated carbocycles. The minimum atomic E-state index is -0.781. The van der Waals surface area contributed by atoms with Crippen molar-refractivity contribution >= 4 is 21.9 Å². The van der Waals surface area contributed by atoms with Crippen LogP contribution in [0.2, 0.25) is 0 Å². The van der Waals surface area contributed by atoms with Crippen LogP contribution in [0.25, 0.3) is 0 Å². The second kappa shape index (κ2) is 5.63. The second-order valence-electron chi connectivity index (χ2n) is 3.63. The predicted molar refractivity (Wildman–Crippen MR) is 61.0 cm³/mol. The maximum atomic E-state index is 11.0. The van der Waals surface area contributed by atoms with Gasteiger partial charge in [-0.2, -0.15) is 0 Å². The highest BCUT2D eigenvalue weighted by Gasteiger charge is 2.37. The molecule has 86 valence electrons. The van der Waals surface area contributed by atoms with Crippen LogP contribution in [0.3, 0.4) is 0 Å². The highest BCUT2D eigenvalue weighted by Crippen LogP contribution is 2.21. The molecule has 1 N–H and O–H groups in total. The van der Waals surface area contributed by atoms with Gasteiger partial charge in [0.2, 0.25) is 0 Å². The maximum absolute atomic E-state index is 11.0. The second-order valence-corrected chi connectivity index (χ2v) is 4.75. The largest absolute Gasteiger partial charge is 0.481 e. The van der Waals surface area contributed by atoms with E-state index in [-0.39, 0.29) is 6.04 Å². The highest BCUT2D eigenvalue weighted by molar-refractivity contribution is 9.11. The normalized spacial score (nSPS) is 25.8. The standard InChI is InChI=1S/C10H16BrNO3/c1-3-12(4-7(2)11)9-6-15-5-8(9)10(13)14/h8-9H,2-6H2,1H3,(H,13,14). The van der Waals surface area contributed by atoms with Gasteiger partial charge in [-0.25, -0.2) is 0 Å². The third-order valence-electron chi connectivity index (χ3n) is 2.62. The number of aliphatic carboxylic acids is 1. The molecule has 1 aliphatic rings. The van der Waals surface area contributed by atoms with Crippen molar-refractivity contribution in [3.8, 4) is 0 Å². The Balaban J connectivity index is 2.66. The number of ether oxygens (including phenoxy) is 1. The Kier molecular flexibility index (Phi) is 4.76. The minimum Gasteiger partial charge on any atom is -0.481 e. The smallest absolute Gasteiger partial charge is 0.310 e. The van der Waals surface area contributed by atoms with Crippen LogP contribution in [0.1, 0.15) is 6.92 Å². The van der Waals surface area contributed by atoms with Crippen molar-refractivity contribution < 1.29 is 14.6 Å². The summed E-state index contributed by atoms with van der Waals surface area (Å²) >= 11 is 3.30. The molecular weight excluding hydrogens is 262 g/mol. The molecule has 0 bridgehead atoms. The number of nitrogens with zero attached hydrogens (tertiary/aromatic N) is 1. The van der Waals surface area contributed by atoms with Crippen LogP contribution in [0, 0.1) is 5.92 Å². The van der Waals surface area contributed by atoms with Crippen molar-refractivity contribution in [3.63, 3.8) is 0 Å². The van der Waals surface area contributed by atoms with Gasteiger partial charge in [0.1, 0.15) is 0 Å². The third kappa shape index (κ3) is 3.29. The summed E-state index contributed by atoms with van der Waals surface area (Å²) in [6, 6.07) is -0.0400. The van der Waals surface area contributed by atoms with Crippen molar-refractivity contribution in [2.45, 2.75) is 13.0 Å². The molecule has 0 aliphatic carbocycles. The lowest BCUT2D eigenvalue weighted by Crippen LogP contribution is -2.43. The Morgan fingerprint density at radius 3 is 2.80 bits per heavy atom. The number of rotatable bonds is 5. The maximum Gasteiger partial charge on any atom is 0.310 e. The fourth-order valence-corrected chi connectivity index (χ4v) is 2.14. The molecule has 0 spiro atoms. The zero-order chi connectivity index (χ0) is 11.4. The van der Waals surface area contributed by atoms with Crippen LogP contribution >= 0.6 is 15.9 Å². The van der Waals surface area contributed by atoms with Gasteiger partial charge in [-0.15, -0.1) is 0 Å². The van der Waals surface area contributed by atoms with Gasteiger partial charge in [-0.3, -0.25) is 9.69 Å². The molecule has 4 nitrogen and oxygen atoms in total. The van der Waals surface area contributed by atoms with Crippen molar-refractivity contribution in [2.75, 3.05) is 26.3 Å². The molecule has 1 aliphatic heterocycles. The van der Waals surface area contributed by atoms with Gasteiger partial charge < -0.3 is 9.84 Å². The number of carboxylic acid groups (broad SMARTS) is 1. The van der Waals surface area contributed by atoms with Gasteiger partial charge in [-0.1, -0.05) is 29.4 Å². The lowest BCUT2D eigenvalue weighted by molar-refractivity contribution is -0.143. The summed E-state index contributed by atoms with van der Waals surface area (Å²) < 4.78 is 6.09. The molecule has 1 rings (SSSR count). The van der Waals surface area contributed by atoms with Crippen LogP contribution in [0.5, 0.6) is 0 Å². The van der Waals surface area contributed by atoms with Gasteiger partial charge in [-0.05, 0) is 6.54 Å². The average Bonchev–Trinajstić information content (AvgIpc) is 2.62.